The quantitative estimate of drug-likeness (QED) is 0.238. The Morgan fingerprint density at radius 2 is 1.56 bits per heavy atom. The van der Waals surface area contributed by atoms with E-state index in [2.05, 4.69) is 30.9 Å². The third-order valence-corrected chi connectivity index (χ3v) is 7.11. The Morgan fingerprint density at radius 3 is 2.19 bits per heavy atom. The number of hydrogen-bond acceptors (Lipinski definition) is 9. The van der Waals surface area contributed by atoms with Crippen LogP contribution < -0.4 is 21.7 Å². The summed E-state index contributed by atoms with van der Waals surface area (Å²) in [5.41, 5.74) is 7.03. The van der Waals surface area contributed by atoms with Gasteiger partial charge < -0.3 is 21.7 Å². The van der Waals surface area contributed by atoms with E-state index in [4.69, 9.17) is 5.73 Å². The third-order valence-electron chi connectivity index (χ3n) is 5.28. The van der Waals surface area contributed by atoms with E-state index in [1.54, 1.807) is 36.4 Å². The van der Waals surface area contributed by atoms with Gasteiger partial charge in [0.1, 0.15) is 5.82 Å². The van der Waals surface area contributed by atoms with Crippen molar-refractivity contribution in [3.8, 4) is 0 Å². The van der Waals surface area contributed by atoms with Crippen LogP contribution in [0.4, 0.5) is 27.9 Å². The van der Waals surface area contributed by atoms with Crippen LogP contribution in [0, 0.1) is 5.82 Å². The summed E-state index contributed by atoms with van der Waals surface area (Å²) in [5.74, 6) is 0.674. The van der Waals surface area contributed by atoms with Gasteiger partial charge in [-0.3, -0.25) is 0 Å². The molecule has 2 aromatic carbocycles. The molecule has 0 bridgehead atoms. The van der Waals surface area contributed by atoms with Gasteiger partial charge in [-0.05, 0) is 61.7 Å². The predicted octanol–water partition coefficient (Wildman–Crippen LogP) is 3.20. The maximum atomic E-state index is 13.6. The zero-order chi connectivity index (χ0) is 26.0. The van der Waals surface area contributed by atoms with E-state index in [1.165, 1.54) is 30.5 Å². The van der Waals surface area contributed by atoms with Crippen molar-refractivity contribution in [1.29, 1.82) is 0 Å². The first kappa shape index (κ1) is 27.2. The molecule has 0 fully saturated rings. The molecule has 0 aliphatic rings. The van der Waals surface area contributed by atoms with Crippen LogP contribution in [-0.4, -0.2) is 61.4 Å². The van der Waals surface area contributed by atoms with Crippen molar-refractivity contribution in [2.75, 3.05) is 49.7 Å². The van der Waals surface area contributed by atoms with Crippen molar-refractivity contribution in [3.05, 3.63) is 59.9 Å². The number of rotatable bonds is 14. The lowest BCUT2D eigenvalue weighted by atomic mass is 10.1. The molecule has 1 aromatic heterocycles. The number of nitrogens with one attached hydrogen (secondary N) is 3. The minimum absolute atomic E-state index is 0.247. The van der Waals surface area contributed by atoms with Gasteiger partial charge in [0, 0.05) is 32.9 Å². The van der Waals surface area contributed by atoms with Crippen LogP contribution in [0.2, 0.25) is 0 Å². The van der Waals surface area contributed by atoms with Gasteiger partial charge >= 0.3 is 0 Å². The van der Waals surface area contributed by atoms with E-state index >= 15 is 0 Å². The molecule has 1 heterocycles. The molecule has 0 radical (unpaired) electrons. The maximum Gasteiger partial charge on any atom is 0.242 e. The Hall–Kier alpha value is -3.35. The maximum absolute atomic E-state index is 13.6. The minimum Gasteiger partial charge on any atom is -0.354 e. The number of anilines is 4. The molecular formula is C24H33FN8O2S. The predicted molar refractivity (Wildman–Crippen MR) is 140 cm³/mol. The molecule has 0 aliphatic carbocycles. The summed E-state index contributed by atoms with van der Waals surface area (Å²) in [7, 11) is -0.456. The highest BCUT2D eigenvalue weighted by Crippen LogP contribution is 2.18. The van der Waals surface area contributed by atoms with Gasteiger partial charge in [0.2, 0.25) is 27.9 Å². The molecule has 0 aliphatic heterocycles. The van der Waals surface area contributed by atoms with Crippen LogP contribution >= 0.6 is 0 Å². The molecule has 3 rings (SSSR count). The Morgan fingerprint density at radius 1 is 0.889 bits per heavy atom. The number of aromatic nitrogens is 3. The number of nitrogens with zero attached hydrogens (tertiary/aromatic N) is 4. The first-order chi connectivity index (χ1) is 17.3. The average molecular weight is 517 g/mol. The number of benzene rings is 2. The van der Waals surface area contributed by atoms with Crippen molar-refractivity contribution in [3.63, 3.8) is 0 Å². The molecule has 0 saturated carbocycles. The lowest BCUT2D eigenvalue weighted by molar-refractivity contribution is 0.520. The fourth-order valence-corrected chi connectivity index (χ4v) is 4.19. The number of nitrogens with two attached hydrogens (primary N) is 1. The molecule has 0 saturated heterocycles. The summed E-state index contributed by atoms with van der Waals surface area (Å²) in [6.45, 7) is 1.86. The van der Waals surface area contributed by atoms with Gasteiger partial charge in [0.25, 0.3) is 0 Å². The summed E-state index contributed by atoms with van der Waals surface area (Å²) in [6.07, 6.45) is 3.52. The van der Waals surface area contributed by atoms with Crippen LogP contribution in [0.25, 0.3) is 0 Å². The van der Waals surface area contributed by atoms with Crippen molar-refractivity contribution in [2.45, 2.75) is 30.6 Å². The van der Waals surface area contributed by atoms with Crippen molar-refractivity contribution >= 4 is 33.6 Å². The Kier molecular flexibility index (Phi) is 9.91. The summed E-state index contributed by atoms with van der Waals surface area (Å²) in [6, 6.07) is 12.8. The largest absolute Gasteiger partial charge is 0.354 e. The van der Waals surface area contributed by atoms with E-state index in [0.717, 1.165) is 24.8 Å². The highest BCUT2D eigenvalue weighted by molar-refractivity contribution is 7.89. The van der Waals surface area contributed by atoms with Gasteiger partial charge in [-0.2, -0.15) is 15.0 Å². The van der Waals surface area contributed by atoms with Crippen molar-refractivity contribution in [2.24, 2.45) is 5.73 Å². The molecule has 10 nitrogen and oxygen atoms in total. The van der Waals surface area contributed by atoms with E-state index in [-0.39, 0.29) is 16.7 Å². The highest BCUT2D eigenvalue weighted by Gasteiger charge is 2.16. The first-order valence-electron chi connectivity index (χ1n) is 11.8. The fourth-order valence-electron chi connectivity index (χ4n) is 3.29. The SMILES string of the molecule is CN(C)S(=O)(=O)c1ccc(CCNc2nc(NCCCCCN)nc(Nc3cccc(F)c3)n2)cc1. The summed E-state index contributed by atoms with van der Waals surface area (Å²) >= 11 is 0. The highest BCUT2D eigenvalue weighted by atomic mass is 32.2. The number of unbranched alkanes of at least 4 members (excludes halogenated alkanes) is 2. The number of hydrogen-bond donors (Lipinski definition) is 4. The summed E-state index contributed by atoms with van der Waals surface area (Å²) < 4.78 is 39.2. The van der Waals surface area contributed by atoms with Crippen LogP contribution in [0.3, 0.4) is 0 Å². The molecule has 12 heteroatoms. The smallest absolute Gasteiger partial charge is 0.242 e. The van der Waals surface area contributed by atoms with Crippen LogP contribution in [-0.2, 0) is 16.4 Å². The lowest BCUT2D eigenvalue weighted by Crippen LogP contribution is -2.22. The average Bonchev–Trinajstić information content (AvgIpc) is 2.84. The second kappa shape index (κ2) is 13.1. The summed E-state index contributed by atoms with van der Waals surface area (Å²) in [5, 5.41) is 9.40. The van der Waals surface area contributed by atoms with E-state index in [0.29, 0.717) is 43.6 Å². The monoisotopic (exact) mass is 516 g/mol. The lowest BCUT2D eigenvalue weighted by Gasteiger charge is -2.12. The summed E-state index contributed by atoms with van der Waals surface area (Å²) in [4.78, 5) is 13.5. The molecule has 194 valence electrons. The molecule has 3 aromatic rings. The third kappa shape index (κ3) is 8.11. The second-order valence-corrected chi connectivity index (χ2v) is 10.5. The molecule has 0 amide bonds. The molecule has 36 heavy (non-hydrogen) atoms. The standard InChI is InChI=1S/C24H33FN8O2S/c1-33(2)36(34,35)21-11-9-18(10-12-21)13-16-28-23-30-22(27-15-5-3-4-14-26)31-24(32-23)29-20-8-6-7-19(25)17-20/h6-12,17H,3-5,13-16,26H2,1-2H3,(H3,27,28,29,30,31,32). The van der Waals surface area contributed by atoms with Crippen molar-refractivity contribution < 1.29 is 12.8 Å². The molecule has 0 spiro atoms. The molecule has 0 unspecified atom stereocenters. The fraction of sp³-hybridized carbons (Fsp3) is 0.375. The Bertz CT molecular complexity index is 1220. The van der Waals surface area contributed by atoms with Crippen molar-refractivity contribution in [1.82, 2.24) is 19.3 Å². The van der Waals surface area contributed by atoms with E-state index in [9.17, 15) is 12.8 Å². The number of halogens is 1. The number of sulfonamides is 1. The zero-order valence-corrected chi connectivity index (χ0v) is 21.4. The van der Waals surface area contributed by atoms with Gasteiger partial charge in [0.05, 0.1) is 4.90 Å². The molecule has 5 N–H and O–H groups in total. The molecule has 0 atom stereocenters. The van der Waals surface area contributed by atoms with Gasteiger partial charge in [-0.25, -0.2) is 17.1 Å². The van der Waals surface area contributed by atoms with Crippen LogP contribution in [0.5, 0.6) is 0 Å². The zero-order valence-electron chi connectivity index (χ0n) is 20.5. The van der Waals surface area contributed by atoms with E-state index in [1.807, 2.05) is 0 Å². The van der Waals surface area contributed by atoms with Gasteiger partial charge in [-0.1, -0.05) is 24.6 Å². The minimum atomic E-state index is -3.46. The second-order valence-electron chi connectivity index (χ2n) is 8.33. The Balaban J connectivity index is 1.66. The molecular weight excluding hydrogens is 483 g/mol. The first-order valence-corrected chi connectivity index (χ1v) is 13.2. The van der Waals surface area contributed by atoms with Crippen LogP contribution in [0.1, 0.15) is 24.8 Å². The normalized spacial score (nSPS) is 11.5. The van der Waals surface area contributed by atoms with E-state index < -0.39 is 10.0 Å². The Labute approximate surface area is 211 Å². The van der Waals surface area contributed by atoms with Crippen LogP contribution in [0.15, 0.2) is 53.4 Å². The van der Waals surface area contributed by atoms with Gasteiger partial charge in [-0.15, -0.1) is 0 Å². The topological polar surface area (TPSA) is 138 Å². The van der Waals surface area contributed by atoms with Gasteiger partial charge in [0.15, 0.2) is 0 Å².